The van der Waals surface area contributed by atoms with Crippen molar-refractivity contribution in [2.75, 3.05) is 25.4 Å². The SMILES string of the molecule is CCC1CN(C(=O)c2sccc2N)CCN1C(C)C.Cl. The molecular formula is C14H24ClN3OS. The van der Waals surface area contributed by atoms with Crippen molar-refractivity contribution in [3.63, 3.8) is 0 Å². The number of thiophene rings is 1. The molecule has 0 saturated carbocycles. The first-order valence-electron chi connectivity index (χ1n) is 6.92. The number of piperazine rings is 1. The summed E-state index contributed by atoms with van der Waals surface area (Å²) in [7, 11) is 0. The quantitative estimate of drug-likeness (QED) is 0.932. The van der Waals surface area contributed by atoms with Crippen LogP contribution in [0.2, 0.25) is 0 Å². The predicted molar refractivity (Wildman–Crippen MR) is 87.8 cm³/mol. The topological polar surface area (TPSA) is 49.6 Å². The molecule has 4 nitrogen and oxygen atoms in total. The molecule has 0 aromatic carbocycles. The lowest BCUT2D eigenvalue weighted by atomic mass is 10.1. The second-order valence-electron chi connectivity index (χ2n) is 5.35. The second kappa shape index (κ2) is 7.29. The van der Waals surface area contributed by atoms with Crippen molar-refractivity contribution in [2.45, 2.75) is 39.3 Å². The van der Waals surface area contributed by atoms with E-state index < -0.39 is 0 Å². The molecule has 20 heavy (non-hydrogen) atoms. The number of nitrogens with zero attached hydrogens (tertiary/aromatic N) is 2. The molecule has 1 aliphatic heterocycles. The van der Waals surface area contributed by atoms with Gasteiger partial charge in [0.2, 0.25) is 0 Å². The Morgan fingerprint density at radius 3 is 2.70 bits per heavy atom. The maximum atomic E-state index is 12.5. The monoisotopic (exact) mass is 317 g/mol. The Hall–Kier alpha value is -0.780. The van der Waals surface area contributed by atoms with E-state index in [1.54, 1.807) is 6.07 Å². The molecule has 1 saturated heterocycles. The third-order valence-corrected chi connectivity index (χ3v) is 4.76. The van der Waals surface area contributed by atoms with Crippen LogP contribution in [-0.4, -0.2) is 47.4 Å². The zero-order valence-corrected chi connectivity index (χ0v) is 14.0. The van der Waals surface area contributed by atoms with E-state index in [0.717, 1.165) is 26.1 Å². The van der Waals surface area contributed by atoms with Gasteiger partial charge in [-0.15, -0.1) is 23.7 Å². The summed E-state index contributed by atoms with van der Waals surface area (Å²) in [6.07, 6.45) is 1.07. The van der Waals surface area contributed by atoms with Crippen LogP contribution < -0.4 is 5.73 Å². The van der Waals surface area contributed by atoms with Gasteiger partial charge in [0.1, 0.15) is 4.88 Å². The lowest BCUT2D eigenvalue weighted by Crippen LogP contribution is -2.56. The molecule has 2 N–H and O–H groups in total. The summed E-state index contributed by atoms with van der Waals surface area (Å²) in [6, 6.07) is 2.80. The van der Waals surface area contributed by atoms with Gasteiger partial charge in [-0.2, -0.15) is 0 Å². The maximum Gasteiger partial charge on any atom is 0.266 e. The molecule has 1 aromatic rings. The molecule has 1 atom stereocenters. The third kappa shape index (κ3) is 3.45. The minimum atomic E-state index is 0. The summed E-state index contributed by atoms with van der Waals surface area (Å²) < 4.78 is 0. The highest BCUT2D eigenvalue weighted by Crippen LogP contribution is 2.23. The number of rotatable bonds is 3. The zero-order chi connectivity index (χ0) is 14.0. The number of anilines is 1. The van der Waals surface area contributed by atoms with Gasteiger partial charge in [0.05, 0.1) is 5.69 Å². The van der Waals surface area contributed by atoms with E-state index in [9.17, 15) is 4.79 Å². The highest BCUT2D eigenvalue weighted by atomic mass is 35.5. The molecule has 1 fully saturated rings. The Morgan fingerprint density at radius 2 is 2.20 bits per heavy atom. The first kappa shape index (κ1) is 17.3. The van der Waals surface area contributed by atoms with Crippen molar-refractivity contribution < 1.29 is 4.79 Å². The first-order chi connectivity index (χ1) is 9.04. The van der Waals surface area contributed by atoms with E-state index in [4.69, 9.17) is 5.73 Å². The number of hydrogen-bond donors (Lipinski definition) is 1. The lowest BCUT2D eigenvalue weighted by molar-refractivity contribution is 0.0376. The molecule has 1 aromatic heterocycles. The molecule has 1 aliphatic rings. The van der Waals surface area contributed by atoms with Gasteiger partial charge >= 0.3 is 0 Å². The van der Waals surface area contributed by atoms with E-state index >= 15 is 0 Å². The van der Waals surface area contributed by atoms with E-state index in [0.29, 0.717) is 22.6 Å². The van der Waals surface area contributed by atoms with E-state index in [1.807, 2.05) is 10.3 Å². The summed E-state index contributed by atoms with van der Waals surface area (Å²) in [5, 5.41) is 1.88. The van der Waals surface area contributed by atoms with Crippen LogP contribution in [0.25, 0.3) is 0 Å². The highest BCUT2D eigenvalue weighted by Gasteiger charge is 2.31. The van der Waals surface area contributed by atoms with Gasteiger partial charge in [-0.1, -0.05) is 6.92 Å². The first-order valence-corrected chi connectivity index (χ1v) is 7.80. The van der Waals surface area contributed by atoms with Crippen molar-refractivity contribution in [3.8, 4) is 0 Å². The van der Waals surface area contributed by atoms with Gasteiger partial charge in [-0.05, 0) is 31.7 Å². The Morgan fingerprint density at radius 1 is 1.50 bits per heavy atom. The van der Waals surface area contributed by atoms with E-state index in [-0.39, 0.29) is 18.3 Å². The number of nitrogens with two attached hydrogens (primary N) is 1. The van der Waals surface area contributed by atoms with Crippen LogP contribution in [0.3, 0.4) is 0 Å². The van der Waals surface area contributed by atoms with Gasteiger partial charge < -0.3 is 10.6 Å². The fraction of sp³-hybridized carbons (Fsp3) is 0.643. The van der Waals surface area contributed by atoms with Gasteiger partial charge in [0, 0.05) is 31.7 Å². The number of amides is 1. The van der Waals surface area contributed by atoms with Gasteiger partial charge in [-0.25, -0.2) is 0 Å². The van der Waals surface area contributed by atoms with Crippen LogP contribution in [0.1, 0.15) is 36.9 Å². The highest BCUT2D eigenvalue weighted by molar-refractivity contribution is 7.12. The molecule has 1 amide bonds. The molecule has 1 unspecified atom stereocenters. The van der Waals surface area contributed by atoms with Crippen LogP contribution >= 0.6 is 23.7 Å². The molecule has 0 bridgehead atoms. The van der Waals surface area contributed by atoms with Crippen molar-refractivity contribution in [3.05, 3.63) is 16.3 Å². The standard InChI is InChI=1S/C14H23N3OS.ClH/c1-4-11-9-16(6-7-17(11)10(2)3)14(18)13-12(15)5-8-19-13;/h5,8,10-11H,4,6-7,9,15H2,1-3H3;1H. The predicted octanol–water partition coefficient (Wildman–Crippen LogP) is 2.70. The summed E-state index contributed by atoms with van der Waals surface area (Å²) in [5.74, 6) is 0.0920. The molecule has 2 rings (SSSR count). The maximum absolute atomic E-state index is 12.5. The van der Waals surface area contributed by atoms with Crippen molar-refractivity contribution >= 4 is 35.3 Å². The number of carbonyl (C=O) groups excluding carboxylic acids is 1. The molecule has 0 aliphatic carbocycles. The number of nitrogen functional groups attached to an aromatic ring is 1. The van der Waals surface area contributed by atoms with Crippen LogP contribution in [0.15, 0.2) is 11.4 Å². The Balaban J connectivity index is 0.00000200. The van der Waals surface area contributed by atoms with Crippen molar-refractivity contribution in [2.24, 2.45) is 0 Å². The second-order valence-corrected chi connectivity index (χ2v) is 6.27. The zero-order valence-electron chi connectivity index (χ0n) is 12.3. The van der Waals surface area contributed by atoms with Gasteiger partial charge in [0.25, 0.3) is 5.91 Å². The van der Waals surface area contributed by atoms with Crippen LogP contribution in [0, 0.1) is 0 Å². The van der Waals surface area contributed by atoms with Crippen molar-refractivity contribution in [1.82, 2.24) is 9.80 Å². The average molecular weight is 318 g/mol. The third-order valence-electron chi connectivity index (χ3n) is 3.84. The Kier molecular flexibility index (Phi) is 6.30. The average Bonchev–Trinajstić information content (AvgIpc) is 2.83. The molecule has 0 spiro atoms. The van der Waals surface area contributed by atoms with Crippen LogP contribution in [0.5, 0.6) is 0 Å². The smallest absolute Gasteiger partial charge is 0.266 e. The van der Waals surface area contributed by atoms with Gasteiger partial charge in [0.15, 0.2) is 0 Å². The van der Waals surface area contributed by atoms with Crippen LogP contribution in [0.4, 0.5) is 5.69 Å². The molecule has 2 heterocycles. The minimum Gasteiger partial charge on any atom is -0.397 e. The largest absolute Gasteiger partial charge is 0.397 e. The van der Waals surface area contributed by atoms with E-state index in [1.165, 1.54) is 11.3 Å². The minimum absolute atomic E-state index is 0. The fourth-order valence-corrected chi connectivity index (χ4v) is 3.52. The summed E-state index contributed by atoms with van der Waals surface area (Å²) >= 11 is 1.44. The van der Waals surface area contributed by atoms with Gasteiger partial charge in [-0.3, -0.25) is 9.69 Å². The number of halogens is 1. The lowest BCUT2D eigenvalue weighted by Gasteiger charge is -2.43. The summed E-state index contributed by atoms with van der Waals surface area (Å²) in [6.45, 7) is 9.19. The molecule has 0 radical (unpaired) electrons. The Labute approximate surface area is 131 Å². The molecule has 6 heteroatoms. The van der Waals surface area contributed by atoms with E-state index in [2.05, 4.69) is 25.7 Å². The summed E-state index contributed by atoms with van der Waals surface area (Å²) in [5.41, 5.74) is 6.45. The fourth-order valence-electron chi connectivity index (χ4n) is 2.73. The Bertz CT molecular complexity index is 449. The number of hydrogen-bond acceptors (Lipinski definition) is 4. The summed E-state index contributed by atoms with van der Waals surface area (Å²) in [4.78, 5) is 17.6. The van der Waals surface area contributed by atoms with Crippen LogP contribution in [-0.2, 0) is 0 Å². The van der Waals surface area contributed by atoms with Crippen molar-refractivity contribution in [1.29, 1.82) is 0 Å². The molecule has 114 valence electrons. The normalized spacial score (nSPS) is 20.0. The molecular weight excluding hydrogens is 294 g/mol. The number of carbonyl (C=O) groups is 1.